The number of carbonyl (C=O) groups excluding carboxylic acids is 1. The minimum absolute atomic E-state index is 0.0549. The fraction of sp³-hybridized carbons (Fsp3) is 0.440. The largest absolute Gasteiger partial charge is 0.479 e. The third kappa shape index (κ3) is 4.80. The van der Waals surface area contributed by atoms with Crippen LogP contribution in [0.15, 0.2) is 30.6 Å². The molecule has 37 heavy (non-hydrogen) atoms. The number of aromatic nitrogens is 4. The van der Waals surface area contributed by atoms with Gasteiger partial charge in [-0.25, -0.2) is 14.2 Å². The predicted molar refractivity (Wildman–Crippen MR) is 131 cm³/mol. The van der Waals surface area contributed by atoms with Crippen molar-refractivity contribution in [3.05, 3.63) is 58.5 Å². The van der Waals surface area contributed by atoms with Crippen LogP contribution in [0.3, 0.4) is 0 Å². The Kier molecular flexibility index (Phi) is 6.45. The van der Waals surface area contributed by atoms with Crippen LogP contribution in [-0.2, 0) is 24.5 Å². The number of fused-ring (bicyclic) bond motifs is 1. The summed E-state index contributed by atoms with van der Waals surface area (Å²) in [6.07, 6.45) is 4.20. The number of nitrogens with one attached hydrogen (secondary N) is 1. The normalized spacial score (nSPS) is 24.7. The number of amides is 1. The summed E-state index contributed by atoms with van der Waals surface area (Å²) in [6.45, 7) is -0.504. The number of aliphatic carboxylic acids is 1. The predicted octanol–water partition coefficient (Wildman–Crippen LogP) is 3.45. The fourth-order valence-electron chi connectivity index (χ4n) is 5.97. The average Bonchev–Trinajstić information content (AvgIpc) is 3.56. The number of hydrogen-bond acceptors (Lipinski definition) is 6. The highest BCUT2D eigenvalue weighted by molar-refractivity contribution is 6.31. The number of carbonyl (C=O) groups is 2. The lowest BCUT2D eigenvalue weighted by molar-refractivity contribution is -0.139. The van der Waals surface area contributed by atoms with Crippen LogP contribution >= 0.6 is 11.6 Å². The molecule has 0 bridgehead atoms. The molecule has 2 atom stereocenters. The zero-order chi connectivity index (χ0) is 26.5. The summed E-state index contributed by atoms with van der Waals surface area (Å²) in [4.78, 5) is 28.5. The Morgan fingerprint density at radius 3 is 2.59 bits per heavy atom. The lowest BCUT2D eigenvalue weighted by atomic mass is 9.90. The van der Waals surface area contributed by atoms with Gasteiger partial charge in [0.15, 0.2) is 6.61 Å². The first-order chi connectivity index (χ1) is 17.5. The summed E-state index contributed by atoms with van der Waals surface area (Å²) in [5, 5.41) is 27.2. The first-order valence-corrected chi connectivity index (χ1v) is 12.3. The third-order valence-electron chi connectivity index (χ3n) is 7.46. The summed E-state index contributed by atoms with van der Waals surface area (Å²) in [5.41, 5.74) is 1.03. The summed E-state index contributed by atoms with van der Waals surface area (Å²) in [6, 6.07) is 5.62. The lowest BCUT2D eigenvalue weighted by Gasteiger charge is -2.24. The Hall–Kier alpha value is -3.44. The Balaban J connectivity index is 1.29. The molecule has 2 aliphatic carbocycles. The van der Waals surface area contributed by atoms with Gasteiger partial charge in [0.05, 0.1) is 22.7 Å². The number of aliphatic hydroxyl groups is 1. The van der Waals surface area contributed by atoms with Gasteiger partial charge in [-0.1, -0.05) is 11.6 Å². The highest BCUT2D eigenvalue weighted by Crippen LogP contribution is 2.57. The second-order valence-corrected chi connectivity index (χ2v) is 10.4. The van der Waals surface area contributed by atoms with Gasteiger partial charge < -0.3 is 24.8 Å². The minimum Gasteiger partial charge on any atom is -0.479 e. The van der Waals surface area contributed by atoms with Crippen molar-refractivity contribution in [2.45, 2.75) is 37.2 Å². The molecular weight excluding hydrogens is 505 g/mol. The van der Waals surface area contributed by atoms with Gasteiger partial charge in [-0.05, 0) is 55.7 Å². The van der Waals surface area contributed by atoms with Gasteiger partial charge in [-0.2, -0.15) is 0 Å². The summed E-state index contributed by atoms with van der Waals surface area (Å²) in [5.74, 6) is -1.35. The maximum Gasteiger partial charge on any atom is 0.341 e. The SMILES string of the molecule is Cn1cnc(C2CC3CC(O)(c4cc(OCC(=O)O)nn4C)CC3C2)c1C(=O)Nc1ccc(F)c(Cl)c1. The molecule has 196 valence electrons. The zero-order valence-electron chi connectivity index (χ0n) is 20.3. The molecule has 0 spiro atoms. The average molecular weight is 532 g/mol. The second kappa shape index (κ2) is 9.46. The van der Waals surface area contributed by atoms with Gasteiger partial charge in [-0.3, -0.25) is 9.48 Å². The Bertz CT molecular complexity index is 1360. The number of aryl methyl sites for hydroxylation is 2. The van der Waals surface area contributed by atoms with Gasteiger partial charge in [0, 0.05) is 31.8 Å². The van der Waals surface area contributed by atoms with Crippen LogP contribution in [-0.4, -0.2) is 48.0 Å². The number of imidazole rings is 1. The Labute approximate surface area is 217 Å². The molecule has 2 unspecified atom stereocenters. The minimum atomic E-state index is -1.10. The number of ether oxygens (including phenoxy) is 1. The number of anilines is 1. The fourth-order valence-corrected chi connectivity index (χ4v) is 6.15. The van der Waals surface area contributed by atoms with E-state index in [1.54, 1.807) is 35.7 Å². The molecule has 2 aromatic heterocycles. The van der Waals surface area contributed by atoms with Gasteiger partial charge >= 0.3 is 5.97 Å². The van der Waals surface area contributed by atoms with Crippen LogP contribution in [0.5, 0.6) is 5.88 Å². The van der Waals surface area contributed by atoms with Crippen molar-refractivity contribution in [1.29, 1.82) is 0 Å². The van der Waals surface area contributed by atoms with Crippen molar-refractivity contribution in [1.82, 2.24) is 19.3 Å². The molecule has 1 aromatic carbocycles. The van der Waals surface area contributed by atoms with E-state index in [1.807, 2.05) is 0 Å². The van der Waals surface area contributed by atoms with Crippen LogP contribution in [0, 0.1) is 17.7 Å². The van der Waals surface area contributed by atoms with Gasteiger partial charge in [0.2, 0.25) is 5.88 Å². The molecule has 2 aliphatic rings. The summed E-state index contributed by atoms with van der Waals surface area (Å²) >= 11 is 5.85. The van der Waals surface area contributed by atoms with Crippen LogP contribution < -0.4 is 10.1 Å². The van der Waals surface area contributed by atoms with Crippen LogP contribution in [0.2, 0.25) is 5.02 Å². The van der Waals surface area contributed by atoms with E-state index in [0.717, 1.165) is 12.8 Å². The van der Waals surface area contributed by atoms with Crippen molar-refractivity contribution >= 4 is 29.2 Å². The number of hydrogen-bond donors (Lipinski definition) is 3. The number of carboxylic acid groups (broad SMARTS) is 1. The van der Waals surface area contributed by atoms with Crippen LogP contribution in [0.4, 0.5) is 10.1 Å². The van der Waals surface area contributed by atoms with Gasteiger partial charge in [-0.15, -0.1) is 5.10 Å². The van der Waals surface area contributed by atoms with Crippen molar-refractivity contribution in [3.8, 4) is 5.88 Å². The van der Waals surface area contributed by atoms with E-state index in [1.165, 1.54) is 18.2 Å². The van der Waals surface area contributed by atoms with E-state index in [-0.39, 0.29) is 34.6 Å². The van der Waals surface area contributed by atoms with Crippen molar-refractivity contribution in [2.75, 3.05) is 11.9 Å². The van der Waals surface area contributed by atoms with E-state index in [0.29, 0.717) is 35.6 Å². The lowest BCUT2D eigenvalue weighted by Crippen LogP contribution is -2.26. The van der Waals surface area contributed by atoms with Crippen molar-refractivity contribution < 1.29 is 28.9 Å². The summed E-state index contributed by atoms with van der Waals surface area (Å²) < 4.78 is 21.9. The second-order valence-electron chi connectivity index (χ2n) is 9.97. The molecule has 0 radical (unpaired) electrons. The maximum absolute atomic E-state index is 13.5. The molecule has 3 N–H and O–H groups in total. The molecular formula is C25H27ClFN5O5. The molecule has 2 heterocycles. The van der Waals surface area contributed by atoms with Crippen LogP contribution in [0.25, 0.3) is 0 Å². The molecule has 5 rings (SSSR count). The highest BCUT2D eigenvalue weighted by atomic mass is 35.5. The van der Waals surface area contributed by atoms with E-state index in [4.69, 9.17) is 21.4 Å². The van der Waals surface area contributed by atoms with Crippen molar-refractivity contribution in [2.24, 2.45) is 25.9 Å². The van der Waals surface area contributed by atoms with Gasteiger partial charge in [0.25, 0.3) is 5.91 Å². The Morgan fingerprint density at radius 2 is 1.95 bits per heavy atom. The van der Waals surface area contributed by atoms with E-state index < -0.39 is 24.0 Å². The monoisotopic (exact) mass is 531 g/mol. The zero-order valence-corrected chi connectivity index (χ0v) is 21.1. The molecule has 10 nitrogen and oxygen atoms in total. The quantitative estimate of drug-likeness (QED) is 0.425. The smallest absolute Gasteiger partial charge is 0.341 e. The molecule has 2 saturated carbocycles. The first kappa shape index (κ1) is 25.2. The standard InChI is InChI=1S/C25H27ClFN5O5/c1-31-12-28-22(23(31)24(35)29-16-3-4-18(27)17(26)7-16)13-5-14-9-25(36,10-15(14)6-13)19-8-20(30-32(19)2)37-11-21(33)34/h3-4,7-8,12-15,36H,5-6,9-11H2,1-2H3,(H,29,35)(H,33,34). The number of carboxylic acids is 1. The first-order valence-electron chi connectivity index (χ1n) is 11.9. The number of rotatable bonds is 7. The molecule has 1 amide bonds. The summed E-state index contributed by atoms with van der Waals surface area (Å²) in [7, 11) is 3.45. The van der Waals surface area contributed by atoms with Crippen LogP contribution in [0.1, 0.15) is 53.5 Å². The molecule has 0 saturated heterocycles. The maximum atomic E-state index is 13.5. The Morgan fingerprint density at radius 1 is 1.24 bits per heavy atom. The number of nitrogens with zero attached hydrogens (tertiary/aromatic N) is 4. The third-order valence-corrected chi connectivity index (χ3v) is 7.75. The molecule has 12 heteroatoms. The molecule has 0 aliphatic heterocycles. The van der Waals surface area contributed by atoms with E-state index in [9.17, 15) is 19.1 Å². The van der Waals surface area contributed by atoms with E-state index >= 15 is 0 Å². The topological polar surface area (TPSA) is 132 Å². The molecule has 2 fully saturated rings. The van der Waals surface area contributed by atoms with Gasteiger partial charge in [0.1, 0.15) is 17.1 Å². The van der Waals surface area contributed by atoms with E-state index in [2.05, 4.69) is 15.4 Å². The molecule has 3 aromatic rings. The number of halogens is 2. The number of benzene rings is 1. The highest BCUT2D eigenvalue weighted by Gasteiger charge is 2.51. The van der Waals surface area contributed by atoms with Crippen molar-refractivity contribution in [3.63, 3.8) is 0 Å².